The number of halogens is 1. The van der Waals surface area contributed by atoms with Crippen LogP contribution in [0.2, 0.25) is 0 Å². The van der Waals surface area contributed by atoms with Crippen molar-refractivity contribution in [1.82, 2.24) is 5.32 Å². The Morgan fingerprint density at radius 2 is 2.17 bits per heavy atom. The van der Waals surface area contributed by atoms with Gasteiger partial charge in [0, 0.05) is 10.5 Å². The van der Waals surface area contributed by atoms with Crippen molar-refractivity contribution in [3.05, 3.63) is 46.0 Å². The first-order chi connectivity index (χ1) is 8.78. The van der Waals surface area contributed by atoms with Gasteiger partial charge in [-0.15, -0.1) is 0 Å². The molecule has 1 aromatic rings. The molecule has 1 aliphatic rings. The molecule has 0 radical (unpaired) electrons. The lowest BCUT2D eigenvalue weighted by Crippen LogP contribution is -2.28. The zero-order valence-corrected chi connectivity index (χ0v) is 12.7. The summed E-state index contributed by atoms with van der Waals surface area (Å²) >= 11 is 3.54. The van der Waals surface area contributed by atoms with Crippen LogP contribution >= 0.6 is 15.9 Å². The standard InChI is InChI=1S/C16H22BrN/c1-18-16(11-13-6-3-2-4-7-13)12-14-8-5-9-15(17)10-14/h5-6,8-10,16,18H,2-4,7,11-12H2,1H3. The maximum Gasteiger partial charge on any atom is 0.0178 e. The third-order valence-electron chi connectivity index (χ3n) is 3.67. The highest BCUT2D eigenvalue weighted by Gasteiger charge is 2.12. The molecule has 0 fully saturated rings. The van der Waals surface area contributed by atoms with Crippen molar-refractivity contribution in [1.29, 1.82) is 0 Å². The van der Waals surface area contributed by atoms with Crippen molar-refractivity contribution in [2.45, 2.75) is 44.6 Å². The molecule has 0 amide bonds. The zero-order chi connectivity index (χ0) is 12.8. The maximum atomic E-state index is 3.54. The van der Waals surface area contributed by atoms with Crippen LogP contribution in [-0.4, -0.2) is 13.1 Å². The molecule has 2 heteroatoms. The Balaban J connectivity index is 1.94. The van der Waals surface area contributed by atoms with Gasteiger partial charge in [-0.3, -0.25) is 0 Å². The van der Waals surface area contributed by atoms with Gasteiger partial charge in [-0.1, -0.05) is 39.7 Å². The molecule has 0 bridgehead atoms. The quantitative estimate of drug-likeness (QED) is 0.791. The third kappa shape index (κ3) is 4.25. The Bertz CT molecular complexity index is 411. The molecule has 18 heavy (non-hydrogen) atoms. The molecule has 1 N–H and O–H groups in total. The first-order valence-electron chi connectivity index (χ1n) is 6.87. The molecular formula is C16H22BrN. The molecule has 1 nitrogen and oxygen atoms in total. The van der Waals surface area contributed by atoms with Gasteiger partial charge >= 0.3 is 0 Å². The molecule has 1 aliphatic carbocycles. The number of rotatable bonds is 5. The van der Waals surface area contributed by atoms with Crippen LogP contribution in [-0.2, 0) is 6.42 Å². The van der Waals surface area contributed by atoms with Gasteiger partial charge in [0.2, 0.25) is 0 Å². The monoisotopic (exact) mass is 307 g/mol. The second-order valence-electron chi connectivity index (χ2n) is 5.13. The minimum Gasteiger partial charge on any atom is -0.316 e. The average Bonchev–Trinajstić information content (AvgIpc) is 2.39. The van der Waals surface area contributed by atoms with Crippen LogP contribution in [0.15, 0.2) is 40.4 Å². The van der Waals surface area contributed by atoms with Crippen molar-refractivity contribution >= 4 is 15.9 Å². The molecule has 0 heterocycles. The number of hydrogen-bond donors (Lipinski definition) is 1. The summed E-state index contributed by atoms with van der Waals surface area (Å²) in [6.07, 6.45) is 10.1. The van der Waals surface area contributed by atoms with Gasteiger partial charge in [0.05, 0.1) is 0 Å². The van der Waals surface area contributed by atoms with Gasteiger partial charge in [0.15, 0.2) is 0 Å². The average molecular weight is 308 g/mol. The summed E-state index contributed by atoms with van der Waals surface area (Å²) < 4.78 is 1.17. The normalized spacial score (nSPS) is 17.3. The van der Waals surface area contributed by atoms with Crippen LogP contribution in [0.3, 0.4) is 0 Å². The zero-order valence-electron chi connectivity index (χ0n) is 11.1. The Kier molecular flexibility index (Phi) is 5.45. The molecule has 98 valence electrons. The molecule has 2 rings (SSSR count). The smallest absolute Gasteiger partial charge is 0.0178 e. The molecule has 0 spiro atoms. The Hall–Kier alpha value is -0.600. The Labute approximate surface area is 119 Å². The van der Waals surface area contributed by atoms with Crippen LogP contribution in [0, 0.1) is 0 Å². The van der Waals surface area contributed by atoms with Crippen molar-refractivity contribution < 1.29 is 0 Å². The topological polar surface area (TPSA) is 12.0 Å². The van der Waals surface area contributed by atoms with Gasteiger partial charge < -0.3 is 5.32 Å². The molecule has 1 unspecified atom stereocenters. The van der Waals surface area contributed by atoms with E-state index in [0.29, 0.717) is 6.04 Å². The van der Waals surface area contributed by atoms with E-state index in [0.717, 1.165) is 6.42 Å². The summed E-state index contributed by atoms with van der Waals surface area (Å²) in [7, 11) is 2.08. The van der Waals surface area contributed by atoms with Gasteiger partial charge in [-0.2, -0.15) is 0 Å². The predicted octanol–water partition coefficient (Wildman–Crippen LogP) is 4.47. The third-order valence-corrected chi connectivity index (χ3v) is 4.17. The van der Waals surface area contributed by atoms with Crippen molar-refractivity contribution in [3.8, 4) is 0 Å². The number of likely N-dealkylation sites (N-methyl/N-ethyl adjacent to an activating group) is 1. The van der Waals surface area contributed by atoms with Crippen LogP contribution in [0.4, 0.5) is 0 Å². The van der Waals surface area contributed by atoms with Crippen molar-refractivity contribution in [2.75, 3.05) is 7.05 Å². The van der Waals surface area contributed by atoms with Gasteiger partial charge in [0.25, 0.3) is 0 Å². The maximum absolute atomic E-state index is 3.54. The molecule has 0 aliphatic heterocycles. The summed E-state index contributed by atoms with van der Waals surface area (Å²) in [5.41, 5.74) is 3.05. The van der Waals surface area contributed by atoms with Gasteiger partial charge in [-0.05, 0) is 63.3 Å². The number of hydrogen-bond acceptors (Lipinski definition) is 1. The van der Waals surface area contributed by atoms with Crippen LogP contribution < -0.4 is 5.32 Å². The van der Waals surface area contributed by atoms with Gasteiger partial charge in [-0.25, -0.2) is 0 Å². The number of benzene rings is 1. The fraction of sp³-hybridized carbons (Fsp3) is 0.500. The summed E-state index contributed by atoms with van der Waals surface area (Å²) in [5, 5.41) is 3.46. The predicted molar refractivity (Wildman–Crippen MR) is 81.9 cm³/mol. The van der Waals surface area contributed by atoms with E-state index in [2.05, 4.69) is 58.6 Å². The second kappa shape index (κ2) is 7.10. The van der Waals surface area contributed by atoms with E-state index in [1.54, 1.807) is 5.57 Å². The number of nitrogens with one attached hydrogen (secondary N) is 1. The fourth-order valence-electron chi connectivity index (χ4n) is 2.63. The minimum absolute atomic E-state index is 0.559. The highest BCUT2D eigenvalue weighted by atomic mass is 79.9. The van der Waals surface area contributed by atoms with Crippen molar-refractivity contribution in [3.63, 3.8) is 0 Å². The van der Waals surface area contributed by atoms with Crippen LogP contribution in [0.1, 0.15) is 37.7 Å². The molecule has 0 saturated heterocycles. The van der Waals surface area contributed by atoms with E-state index >= 15 is 0 Å². The van der Waals surface area contributed by atoms with Crippen molar-refractivity contribution in [2.24, 2.45) is 0 Å². The van der Waals surface area contributed by atoms with E-state index in [9.17, 15) is 0 Å². The molecular weight excluding hydrogens is 286 g/mol. The summed E-state index contributed by atoms with van der Waals surface area (Å²) in [5.74, 6) is 0. The highest BCUT2D eigenvalue weighted by molar-refractivity contribution is 9.10. The number of allylic oxidation sites excluding steroid dienone is 1. The Morgan fingerprint density at radius 1 is 1.28 bits per heavy atom. The minimum atomic E-state index is 0.559. The van der Waals surface area contributed by atoms with E-state index in [-0.39, 0.29) is 0 Å². The van der Waals surface area contributed by atoms with E-state index in [1.165, 1.54) is 42.1 Å². The SMILES string of the molecule is CNC(CC1=CCCCC1)Cc1cccc(Br)c1. The first-order valence-corrected chi connectivity index (χ1v) is 7.67. The second-order valence-corrected chi connectivity index (χ2v) is 6.05. The lowest BCUT2D eigenvalue weighted by Gasteiger charge is -2.20. The van der Waals surface area contributed by atoms with E-state index in [1.807, 2.05) is 0 Å². The largest absolute Gasteiger partial charge is 0.316 e. The lowest BCUT2D eigenvalue weighted by molar-refractivity contribution is 0.532. The molecule has 0 saturated carbocycles. The molecule has 1 aromatic carbocycles. The first kappa shape index (κ1) is 13.8. The molecule has 1 atom stereocenters. The molecule has 0 aromatic heterocycles. The van der Waals surface area contributed by atoms with E-state index in [4.69, 9.17) is 0 Å². The van der Waals surface area contributed by atoms with Crippen LogP contribution in [0.25, 0.3) is 0 Å². The van der Waals surface area contributed by atoms with E-state index < -0.39 is 0 Å². The lowest BCUT2D eigenvalue weighted by atomic mass is 9.92. The summed E-state index contributed by atoms with van der Waals surface area (Å²) in [4.78, 5) is 0. The highest BCUT2D eigenvalue weighted by Crippen LogP contribution is 2.23. The van der Waals surface area contributed by atoms with Crippen LogP contribution in [0.5, 0.6) is 0 Å². The summed E-state index contributed by atoms with van der Waals surface area (Å²) in [6.45, 7) is 0. The summed E-state index contributed by atoms with van der Waals surface area (Å²) in [6, 6.07) is 9.20. The fourth-order valence-corrected chi connectivity index (χ4v) is 3.08. The Morgan fingerprint density at radius 3 is 2.83 bits per heavy atom. The van der Waals surface area contributed by atoms with Gasteiger partial charge in [0.1, 0.15) is 0 Å².